The van der Waals surface area contributed by atoms with Gasteiger partial charge >= 0.3 is 0 Å². The van der Waals surface area contributed by atoms with Crippen LogP contribution >= 0.6 is 0 Å². The Hall–Kier alpha value is -1.35. The molecular weight excluding hydrogens is 248 g/mol. The van der Waals surface area contributed by atoms with Crippen LogP contribution in [0.1, 0.15) is 38.3 Å². The number of benzene rings is 1. The molecule has 2 aliphatic heterocycles. The zero-order chi connectivity index (χ0) is 14.3. The van der Waals surface area contributed by atoms with Gasteiger partial charge in [-0.15, -0.1) is 0 Å². The minimum Gasteiger partial charge on any atom is -0.316 e. The van der Waals surface area contributed by atoms with Crippen molar-refractivity contribution in [2.24, 2.45) is 5.92 Å². The van der Waals surface area contributed by atoms with Crippen LogP contribution in [0, 0.1) is 5.92 Å². The standard InChI is InChI=1S/C17H24N2O/c1-17(2,3)14-4-5-15-12(10-14)7-9-19(15)16(20)13-6-8-18-11-13/h4-5,10,13,18H,6-9,11H2,1-3H3. The second-order valence-electron chi connectivity index (χ2n) is 7.02. The lowest BCUT2D eigenvalue weighted by molar-refractivity contribution is -0.121. The van der Waals surface area contributed by atoms with Crippen LogP contribution in [0.4, 0.5) is 5.69 Å². The van der Waals surface area contributed by atoms with Gasteiger partial charge in [0, 0.05) is 18.8 Å². The molecule has 0 saturated carbocycles. The molecule has 0 aliphatic carbocycles. The fraction of sp³-hybridized carbons (Fsp3) is 0.588. The Labute approximate surface area is 121 Å². The van der Waals surface area contributed by atoms with Crippen LogP contribution in [-0.2, 0) is 16.6 Å². The van der Waals surface area contributed by atoms with Crippen LogP contribution in [0.3, 0.4) is 0 Å². The minimum atomic E-state index is 0.168. The Balaban J connectivity index is 1.85. The monoisotopic (exact) mass is 272 g/mol. The molecule has 3 rings (SSSR count). The number of carbonyl (C=O) groups excluding carboxylic acids is 1. The summed E-state index contributed by atoms with van der Waals surface area (Å²) in [5.41, 5.74) is 3.99. The van der Waals surface area contributed by atoms with E-state index in [0.717, 1.165) is 38.2 Å². The maximum absolute atomic E-state index is 12.6. The number of anilines is 1. The van der Waals surface area contributed by atoms with Crippen molar-refractivity contribution < 1.29 is 4.79 Å². The molecule has 3 heteroatoms. The summed E-state index contributed by atoms with van der Waals surface area (Å²) in [5.74, 6) is 0.473. The molecule has 1 N–H and O–H groups in total. The summed E-state index contributed by atoms with van der Waals surface area (Å²) in [6.07, 6.45) is 1.97. The highest BCUT2D eigenvalue weighted by Crippen LogP contribution is 2.34. The fourth-order valence-corrected chi connectivity index (χ4v) is 3.18. The van der Waals surface area contributed by atoms with Crippen LogP contribution in [0.25, 0.3) is 0 Å². The largest absolute Gasteiger partial charge is 0.316 e. The van der Waals surface area contributed by atoms with E-state index < -0.39 is 0 Å². The summed E-state index contributed by atoms with van der Waals surface area (Å²) in [6.45, 7) is 9.35. The first-order chi connectivity index (χ1) is 9.47. The van der Waals surface area contributed by atoms with E-state index in [9.17, 15) is 4.79 Å². The van der Waals surface area contributed by atoms with Crippen molar-refractivity contribution in [2.45, 2.75) is 39.0 Å². The molecule has 1 amide bonds. The molecule has 0 spiro atoms. The molecule has 0 aromatic heterocycles. The first kappa shape index (κ1) is 13.6. The zero-order valence-corrected chi connectivity index (χ0v) is 12.7. The van der Waals surface area contributed by atoms with Gasteiger partial charge in [-0.3, -0.25) is 4.79 Å². The Morgan fingerprint density at radius 2 is 2.15 bits per heavy atom. The average molecular weight is 272 g/mol. The van der Waals surface area contributed by atoms with Crippen molar-refractivity contribution in [3.63, 3.8) is 0 Å². The van der Waals surface area contributed by atoms with Crippen molar-refractivity contribution >= 4 is 11.6 Å². The van der Waals surface area contributed by atoms with Crippen molar-refractivity contribution in [2.75, 3.05) is 24.5 Å². The SMILES string of the molecule is CC(C)(C)c1ccc2c(c1)CCN2C(=O)C1CCNC1. The van der Waals surface area contributed by atoms with Crippen LogP contribution in [0.15, 0.2) is 18.2 Å². The molecule has 1 unspecified atom stereocenters. The zero-order valence-electron chi connectivity index (χ0n) is 12.7. The van der Waals surface area contributed by atoms with E-state index in [0.29, 0.717) is 5.91 Å². The highest BCUT2D eigenvalue weighted by molar-refractivity contribution is 5.97. The first-order valence-corrected chi connectivity index (χ1v) is 7.62. The lowest BCUT2D eigenvalue weighted by atomic mass is 9.86. The van der Waals surface area contributed by atoms with Gasteiger partial charge in [0.1, 0.15) is 0 Å². The molecule has 3 nitrogen and oxygen atoms in total. The fourth-order valence-electron chi connectivity index (χ4n) is 3.18. The van der Waals surface area contributed by atoms with Crippen molar-refractivity contribution in [1.29, 1.82) is 0 Å². The molecule has 108 valence electrons. The molecule has 1 atom stereocenters. The second kappa shape index (κ2) is 4.88. The molecule has 2 heterocycles. The molecular formula is C17H24N2O. The van der Waals surface area contributed by atoms with E-state index in [1.807, 2.05) is 4.90 Å². The second-order valence-corrected chi connectivity index (χ2v) is 7.02. The number of fused-ring (bicyclic) bond motifs is 1. The number of carbonyl (C=O) groups is 1. The van der Waals surface area contributed by atoms with E-state index in [1.165, 1.54) is 11.1 Å². The van der Waals surface area contributed by atoms with Crippen LogP contribution in [0.5, 0.6) is 0 Å². The predicted molar refractivity (Wildman–Crippen MR) is 82.2 cm³/mol. The van der Waals surface area contributed by atoms with Crippen LogP contribution in [-0.4, -0.2) is 25.5 Å². The summed E-state index contributed by atoms with van der Waals surface area (Å²) in [6, 6.07) is 6.61. The Morgan fingerprint density at radius 1 is 1.35 bits per heavy atom. The first-order valence-electron chi connectivity index (χ1n) is 7.62. The Morgan fingerprint density at radius 3 is 2.80 bits per heavy atom. The molecule has 0 bridgehead atoms. The summed E-state index contributed by atoms with van der Waals surface area (Å²) < 4.78 is 0. The van der Waals surface area contributed by atoms with Gasteiger partial charge in [0.05, 0.1) is 5.92 Å². The lowest BCUT2D eigenvalue weighted by Crippen LogP contribution is -2.35. The van der Waals surface area contributed by atoms with Gasteiger partial charge < -0.3 is 10.2 Å². The third kappa shape index (κ3) is 2.35. The third-order valence-electron chi connectivity index (χ3n) is 4.52. The maximum Gasteiger partial charge on any atom is 0.231 e. The van der Waals surface area contributed by atoms with Gasteiger partial charge in [-0.1, -0.05) is 32.9 Å². The Kier molecular flexibility index (Phi) is 3.33. The smallest absolute Gasteiger partial charge is 0.231 e. The van der Waals surface area contributed by atoms with E-state index >= 15 is 0 Å². The van der Waals surface area contributed by atoms with E-state index in [2.05, 4.69) is 44.3 Å². The average Bonchev–Trinajstić information content (AvgIpc) is 3.06. The van der Waals surface area contributed by atoms with Crippen molar-refractivity contribution in [3.8, 4) is 0 Å². The highest BCUT2D eigenvalue weighted by atomic mass is 16.2. The van der Waals surface area contributed by atoms with E-state index in [1.54, 1.807) is 0 Å². The molecule has 1 aromatic carbocycles. The van der Waals surface area contributed by atoms with E-state index in [4.69, 9.17) is 0 Å². The number of nitrogens with zero attached hydrogens (tertiary/aromatic N) is 1. The van der Waals surface area contributed by atoms with Crippen molar-refractivity contribution in [1.82, 2.24) is 5.32 Å². The topological polar surface area (TPSA) is 32.3 Å². The maximum atomic E-state index is 12.6. The van der Waals surface area contributed by atoms with Crippen LogP contribution < -0.4 is 10.2 Å². The number of hydrogen-bond donors (Lipinski definition) is 1. The minimum absolute atomic E-state index is 0.168. The summed E-state index contributed by atoms with van der Waals surface area (Å²) in [5, 5.41) is 3.28. The van der Waals surface area contributed by atoms with Gasteiger partial charge in [-0.2, -0.15) is 0 Å². The third-order valence-corrected chi connectivity index (χ3v) is 4.52. The summed E-state index contributed by atoms with van der Waals surface area (Å²) >= 11 is 0. The predicted octanol–water partition coefficient (Wildman–Crippen LogP) is 2.48. The summed E-state index contributed by atoms with van der Waals surface area (Å²) in [7, 11) is 0. The van der Waals surface area contributed by atoms with Gasteiger partial charge in [-0.25, -0.2) is 0 Å². The number of rotatable bonds is 1. The van der Waals surface area contributed by atoms with Crippen molar-refractivity contribution in [3.05, 3.63) is 29.3 Å². The highest BCUT2D eigenvalue weighted by Gasteiger charge is 2.32. The summed E-state index contributed by atoms with van der Waals surface area (Å²) in [4.78, 5) is 14.6. The normalized spacial score (nSPS) is 22.1. The number of hydrogen-bond acceptors (Lipinski definition) is 2. The molecule has 1 aromatic rings. The Bertz CT molecular complexity index is 524. The molecule has 0 radical (unpaired) electrons. The van der Waals surface area contributed by atoms with Gasteiger partial charge in [-0.05, 0) is 42.0 Å². The number of nitrogens with one attached hydrogen (secondary N) is 1. The lowest BCUT2D eigenvalue weighted by Gasteiger charge is -2.23. The van der Waals surface area contributed by atoms with Crippen LogP contribution in [0.2, 0.25) is 0 Å². The molecule has 1 saturated heterocycles. The molecule has 1 fully saturated rings. The molecule has 20 heavy (non-hydrogen) atoms. The van der Waals surface area contributed by atoms with E-state index in [-0.39, 0.29) is 11.3 Å². The number of amides is 1. The van der Waals surface area contributed by atoms with Gasteiger partial charge in [0.25, 0.3) is 0 Å². The van der Waals surface area contributed by atoms with Gasteiger partial charge in [0.2, 0.25) is 5.91 Å². The van der Waals surface area contributed by atoms with Gasteiger partial charge in [0.15, 0.2) is 0 Å². The quantitative estimate of drug-likeness (QED) is 0.852. The molecule has 2 aliphatic rings.